The van der Waals surface area contributed by atoms with Crippen LogP contribution in [0.3, 0.4) is 0 Å². The molecule has 0 amide bonds. The summed E-state index contributed by atoms with van der Waals surface area (Å²) >= 11 is 0. The van der Waals surface area contributed by atoms with Gasteiger partial charge < -0.3 is 9.64 Å². The van der Waals surface area contributed by atoms with Crippen molar-refractivity contribution in [2.24, 2.45) is 0 Å². The Morgan fingerprint density at radius 1 is 0.857 bits per heavy atom. The Hall–Kier alpha value is -2.91. The van der Waals surface area contributed by atoms with E-state index in [9.17, 15) is 0 Å². The third-order valence-electron chi connectivity index (χ3n) is 4.68. The molecule has 28 heavy (non-hydrogen) atoms. The second kappa shape index (κ2) is 9.86. The predicted molar refractivity (Wildman–Crippen MR) is 117 cm³/mol. The number of likely N-dealkylation sites (N-methyl/N-ethyl adjacent to an activating group) is 1. The minimum atomic E-state index is 0.682. The van der Waals surface area contributed by atoms with Gasteiger partial charge in [-0.2, -0.15) is 0 Å². The summed E-state index contributed by atoms with van der Waals surface area (Å²) < 4.78 is 5.86. The third kappa shape index (κ3) is 5.08. The summed E-state index contributed by atoms with van der Waals surface area (Å²) in [6, 6.07) is 23.1. The highest BCUT2D eigenvalue weighted by Gasteiger charge is 2.13. The van der Waals surface area contributed by atoms with Crippen LogP contribution in [0.25, 0.3) is 11.1 Å². The Labute approximate surface area is 168 Å². The van der Waals surface area contributed by atoms with Gasteiger partial charge in [-0.1, -0.05) is 55.5 Å². The standard InChI is InChI=1S/C25H28N2O/c1-4-24(20-9-6-5-7-10-20)25(22-11-8-16-26-19-22)21-12-14-23(15-13-21)28-18-17-27(2)3/h5-16,19H,4,17-18H2,1-3H3/b25-24+. The molecule has 0 saturated carbocycles. The van der Waals surface area contributed by atoms with Crippen LogP contribution < -0.4 is 4.74 Å². The second-order valence-electron chi connectivity index (χ2n) is 6.99. The molecule has 1 aromatic heterocycles. The first kappa shape index (κ1) is 19.8. The van der Waals surface area contributed by atoms with Gasteiger partial charge in [-0.05, 0) is 61.0 Å². The molecule has 0 bridgehead atoms. The first-order valence-electron chi connectivity index (χ1n) is 9.76. The van der Waals surface area contributed by atoms with E-state index in [1.165, 1.54) is 22.3 Å². The quantitative estimate of drug-likeness (QED) is 0.496. The van der Waals surface area contributed by atoms with E-state index < -0.39 is 0 Å². The van der Waals surface area contributed by atoms with Crippen LogP contribution in [0.1, 0.15) is 30.0 Å². The number of aromatic nitrogens is 1. The van der Waals surface area contributed by atoms with Crippen molar-refractivity contribution in [3.63, 3.8) is 0 Å². The molecule has 3 heteroatoms. The van der Waals surface area contributed by atoms with Crippen LogP contribution in [0.5, 0.6) is 5.75 Å². The van der Waals surface area contributed by atoms with Gasteiger partial charge >= 0.3 is 0 Å². The number of hydrogen-bond acceptors (Lipinski definition) is 3. The highest BCUT2D eigenvalue weighted by atomic mass is 16.5. The topological polar surface area (TPSA) is 25.4 Å². The fourth-order valence-corrected chi connectivity index (χ4v) is 3.25. The maximum Gasteiger partial charge on any atom is 0.119 e. The van der Waals surface area contributed by atoms with Crippen molar-refractivity contribution < 1.29 is 4.74 Å². The SMILES string of the molecule is CC/C(=C(/c1ccc(OCCN(C)C)cc1)c1cccnc1)c1ccccc1. The zero-order valence-electron chi connectivity index (χ0n) is 16.9. The first-order chi connectivity index (χ1) is 13.7. The number of benzene rings is 2. The van der Waals surface area contributed by atoms with Crippen LogP contribution in [-0.4, -0.2) is 37.1 Å². The Morgan fingerprint density at radius 2 is 1.57 bits per heavy atom. The molecule has 0 aliphatic rings. The molecule has 3 nitrogen and oxygen atoms in total. The van der Waals surface area contributed by atoms with Crippen molar-refractivity contribution in [3.8, 4) is 5.75 Å². The van der Waals surface area contributed by atoms with Crippen LogP contribution in [0, 0.1) is 0 Å². The molecule has 2 aromatic carbocycles. The maximum atomic E-state index is 5.86. The Bertz CT molecular complexity index is 885. The molecule has 0 spiro atoms. The Kier molecular flexibility index (Phi) is 6.99. The van der Waals surface area contributed by atoms with Crippen molar-refractivity contribution in [1.29, 1.82) is 0 Å². The number of pyridine rings is 1. The van der Waals surface area contributed by atoms with E-state index in [0.717, 1.165) is 24.3 Å². The summed E-state index contributed by atoms with van der Waals surface area (Å²) in [5, 5.41) is 0. The summed E-state index contributed by atoms with van der Waals surface area (Å²) in [4.78, 5) is 6.47. The number of ether oxygens (including phenoxy) is 1. The fraction of sp³-hybridized carbons (Fsp3) is 0.240. The molecule has 0 saturated heterocycles. The Balaban J connectivity index is 2.00. The number of hydrogen-bond donors (Lipinski definition) is 0. The fourth-order valence-electron chi connectivity index (χ4n) is 3.25. The molecule has 0 N–H and O–H groups in total. The summed E-state index contributed by atoms with van der Waals surface area (Å²) in [6.45, 7) is 3.79. The van der Waals surface area contributed by atoms with E-state index >= 15 is 0 Å². The van der Waals surface area contributed by atoms with Gasteiger partial charge in [-0.15, -0.1) is 0 Å². The molecule has 0 aliphatic carbocycles. The van der Waals surface area contributed by atoms with Gasteiger partial charge in [0.25, 0.3) is 0 Å². The lowest BCUT2D eigenvalue weighted by molar-refractivity contribution is 0.261. The summed E-state index contributed by atoms with van der Waals surface area (Å²) in [5.41, 5.74) is 6.09. The van der Waals surface area contributed by atoms with Gasteiger partial charge in [0, 0.05) is 24.5 Å². The molecule has 3 rings (SSSR count). The molecule has 0 radical (unpaired) electrons. The molecule has 0 aliphatic heterocycles. The average Bonchev–Trinajstić information content (AvgIpc) is 2.73. The maximum absolute atomic E-state index is 5.86. The molecule has 0 fully saturated rings. The van der Waals surface area contributed by atoms with Crippen molar-refractivity contribution >= 4 is 11.1 Å². The van der Waals surface area contributed by atoms with Crippen LogP contribution >= 0.6 is 0 Å². The minimum absolute atomic E-state index is 0.682. The number of nitrogens with zero attached hydrogens (tertiary/aromatic N) is 2. The molecular formula is C25H28N2O. The molecule has 144 valence electrons. The average molecular weight is 373 g/mol. The van der Waals surface area contributed by atoms with Crippen molar-refractivity contribution in [1.82, 2.24) is 9.88 Å². The predicted octanol–water partition coefficient (Wildman–Crippen LogP) is 5.39. The normalized spacial score (nSPS) is 12.0. The van der Waals surface area contributed by atoms with Crippen LogP contribution in [0.15, 0.2) is 79.1 Å². The largest absolute Gasteiger partial charge is 0.492 e. The lowest BCUT2D eigenvalue weighted by atomic mass is 9.89. The van der Waals surface area contributed by atoms with Gasteiger partial charge in [0.15, 0.2) is 0 Å². The minimum Gasteiger partial charge on any atom is -0.492 e. The second-order valence-corrected chi connectivity index (χ2v) is 6.99. The smallest absolute Gasteiger partial charge is 0.119 e. The van der Waals surface area contributed by atoms with E-state index in [0.29, 0.717) is 6.61 Å². The van der Waals surface area contributed by atoms with E-state index in [4.69, 9.17) is 4.74 Å². The lowest BCUT2D eigenvalue weighted by Crippen LogP contribution is -2.19. The lowest BCUT2D eigenvalue weighted by Gasteiger charge is -2.17. The van der Waals surface area contributed by atoms with Crippen LogP contribution in [0.4, 0.5) is 0 Å². The van der Waals surface area contributed by atoms with Gasteiger partial charge in [0.1, 0.15) is 12.4 Å². The van der Waals surface area contributed by atoms with Gasteiger partial charge in [0.2, 0.25) is 0 Å². The van der Waals surface area contributed by atoms with Crippen LogP contribution in [-0.2, 0) is 0 Å². The number of allylic oxidation sites excluding steroid dienone is 1. The number of rotatable bonds is 8. The van der Waals surface area contributed by atoms with Crippen LogP contribution in [0.2, 0.25) is 0 Å². The van der Waals surface area contributed by atoms with Gasteiger partial charge in [0.05, 0.1) is 0 Å². The molecule has 0 atom stereocenters. The Morgan fingerprint density at radius 3 is 2.18 bits per heavy atom. The third-order valence-corrected chi connectivity index (χ3v) is 4.68. The van der Waals surface area contributed by atoms with Gasteiger partial charge in [-0.3, -0.25) is 4.98 Å². The van der Waals surface area contributed by atoms with E-state index in [1.807, 2.05) is 32.6 Å². The van der Waals surface area contributed by atoms with E-state index in [2.05, 4.69) is 77.5 Å². The summed E-state index contributed by atoms with van der Waals surface area (Å²) in [7, 11) is 4.10. The molecular weight excluding hydrogens is 344 g/mol. The monoisotopic (exact) mass is 372 g/mol. The van der Waals surface area contributed by atoms with E-state index in [1.54, 1.807) is 0 Å². The zero-order valence-corrected chi connectivity index (χ0v) is 16.9. The molecule has 1 heterocycles. The summed E-state index contributed by atoms with van der Waals surface area (Å²) in [5.74, 6) is 0.897. The highest BCUT2D eigenvalue weighted by molar-refractivity contribution is 5.98. The highest BCUT2D eigenvalue weighted by Crippen LogP contribution is 2.34. The van der Waals surface area contributed by atoms with Gasteiger partial charge in [-0.25, -0.2) is 0 Å². The first-order valence-corrected chi connectivity index (χ1v) is 9.76. The van der Waals surface area contributed by atoms with Crippen molar-refractivity contribution in [2.75, 3.05) is 27.2 Å². The van der Waals surface area contributed by atoms with Crippen molar-refractivity contribution in [2.45, 2.75) is 13.3 Å². The van der Waals surface area contributed by atoms with Crippen molar-refractivity contribution in [3.05, 3.63) is 95.8 Å². The van der Waals surface area contributed by atoms with E-state index in [-0.39, 0.29) is 0 Å². The molecule has 0 unspecified atom stereocenters. The summed E-state index contributed by atoms with van der Waals surface area (Å²) in [6.07, 6.45) is 4.70. The zero-order chi connectivity index (χ0) is 19.8. The molecule has 3 aromatic rings.